The number of hydrogen-bond acceptors (Lipinski definition) is 4. The first-order chi connectivity index (χ1) is 29.6. The second-order valence-electron chi connectivity index (χ2n) is 19.1. The van der Waals surface area contributed by atoms with Gasteiger partial charge in [-0.05, 0) is 38.5 Å². The van der Waals surface area contributed by atoms with Crippen molar-refractivity contribution in [3.05, 3.63) is 12.2 Å². The first-order valence-electron chi connectivity index (χ1n) is 27.5. The molecule has 0 fully saturated rings. The number of carbonyl (C=O) groups is 1. The van der Waals surface area contributed by atoms with Gasteiger partial charge in [-0.15, -0.1) is 0 Å². The molecule has 0 saturated heterocycles. The lowest BCUT2D eigenvalue weighted by atomic mass is 10.0. The predicted molar refractivity (Wildman–Crippen MR) is 264 cm³/mol. The Morgan fingerprint density at radius 2 is 0.633 bits per heavy atom. The Bertz CT molecular complexity index is 848. The molecule has 358 valence electrons. The lowest BCUT2D eigenvalue weighted by Crippen LogP contribution is -2.49. The zero-order valence-electron chi connectivity index (χ0n) is 40.9. The summed E-state index contributed by atoms with van der Waals surface area (Å²) < 4.78 is 0. The maximum atomic E-state index is 12.6. The maximum absolute atomic E-state index is 12.6. The van der Waals surface area contributed by atoms with Crippen molar-refractivity contribution in [1.82, 2.24) is 5.32 Å². The molecule has 60 heavy (non-hydrogen) atoms. The summed E-state index contributed by atoms with van der Waals surface area (Å²) in [5.74, 6) is -0.467. The molecule has 0 heterocycles. The van der Waals surface area contributed by atoms with Crippen molar-refractivity contribution in [3.8, 4) is 0 Å². The standard InChI is InChI=1S/C55H109NO4/c1-3-5-7-9-11-13-15-17-19-21-23-25-27-28-30-32-34-36-38-40-42-44-46-48-50-54(59)55(60)56-52(51-57)53(58)49-47-45-43-41-39-37-35-33-31-29-26-24-22-20-18-16-14-12-10-8-6-4-2/h28,30,52-54,57-59H,3-27,29,31-51H2,1-2H3,(H,56,60)/b30-28-. The fraction of sp³-hybridized carbons (Fsp3) is 0.945. The number of hydrogen-bond donors (Lipinski definition) is 4. The fourth-order valence-corrected chi connectivity index (χ4v) is 8.84. The van der Waals surface area contributed by atoms with Gasteiger partial charge in [0.1, 0.15) is 6.10 Å². The highest BCUT2D eigenvalue weighted by Crippen LogP contribution is 2.18. The van der Waals surface area contributed by atoms with E-state index in [9.17, 15) is 20.1 Å². The minimum atomic E-state index is -1.08. The minimum absolute atomic E-state index is 0.311. The molecule has 0 aliphatic rings. The van der Waals surface area contributed by atoms with Gasteiger partial charge in [-0.3, -0.25) is 4.79 Å². The number of rotatable bonds is 51. The molecule has 0 rings (SSSR count). The van der Waals surface area contributed by atoms with Gasteiger partial charge in [0, 0.05) is 0 Å². The van der Waals surface area contributed by atoms with Crippen LogP contribution in [-0.2, 0) is 4.79 Å². The molecule has 0 spiro atoms. The Kier molecular flexibility index (Phi) is 50.0. The summed E-state index contributed by atoms with van der Waals surface area (Å²) in [5.41, 5.74) is 0. The summed E-state index contributed by atoms with van der Waals surface area (Å²) in [4.78, 5) is 12.6. The van der Waals surface area contributed by atoms with Gasteiger partial charge in [0.25, 0.3) is 0 Å². The monoisotopic (exact) mass is 848 g/mol. The second-order valence-corrected chi connectivity index (χ2v) is 19.1. The Hall–Kier alpha value is -0.910. The molecular weight excluding hydrogens is 739 g/mol. The normalized spacial score (nSPS) is 13.3. The minimum Gasteiger partial charge on any atom is -0.394 e. The number of aliphatic hydroxyl groups excluding tert-OH is 3. The molecule has 0 aromatic rings. The van der Waals surface area contributed by atoms with E-state index < -0.39 is 24.2 Å². The first-order valence-corrected chi connectivity index (χ1v) is 27.5. The number of unbranched alkanes of at least 4 members (excludes halogenated alkanes) is 41. The van der Waals surface area contributed by atoms with Gasteiger partial charge in [-0.25, -0.2) is 0 Å². The van der Waals surface area contributed by atoms with E-state index in [4.69, 9.17) is 0 Å². The van der Waals surface area contributed by atoms with Crippen LogP contribution in [0.4, 0.5) is 0 Å². The van der Waals surface area contributed by atoms with E-state index >= 15 is 0 Å². The zero-order chi connectivity index (χ0) is 43.7. The Labute approximate surface area is 376 Å². The molecule has 0 radical (unpaired) electrons. The maximum Gasteiger partial charge on any atom is 0.249 e. The number of allylic oxidation sites excluding steroid dienone is 2. The van der Waals surface area contributed by atoms with Gasteiger partial charge in [0.05, 0.1) is 18.8 Å². The molecule has 0 aliphatic carbocycles. The summed E-state index contributed by atoms with van der Waals surface area (Å²) in [7, 11) is 0. The average molecular weight is 848 g/mol. The molecule has 0 aliphatic heterocycles. The largest absolute Gasteiger partial charge is 0.394 e. The van der Waals surface area contributed by atoms with Crippen LogP contribution in [-0.4, -0.2) is 46.1 Å². The van der Waals surface area contributed by atoms with Crippen LogP contribution in [0.5, 0.6) is 0 Å². The smallest absolute Gasteiger partial charge is 0.249 e. The molecule has 5 nitrogen and oxygen atoms in total. The SMILES string of the molecule is CCCCCCCCCCCCCC/C=C\CCCCCCCCCCC(O)C(=O)NC(CO)C(O)CCCCCCCCCCCCCCCCCCCCCCCC. The second kappa shape index (κ2) is 50.7. The molecule has 4 N–H and O–H groups in total. The first kappa shape index (κ1) is 59.1. The number of carbonyl (C=O) groups excluding carboxylic acids is 1. The van der Waals surface area contributed by atoms with E-state index in [1.807, 2.05) is 0 Å². The van der Waals surface area contributed by atoms with Crippen LogP contribution in [0.3, 0.4) is 0 Å². The van der Waals surface area contributed by atoms with E-state index in [1.165, 1.54) is 250 Å². The van der Waals surface area contributed by atoms with Crippen molar-refractivity contribution in [1.29, 1.82) is 0 Å². The highest BCUT2D eigenvalue weighted by atomic mass is 16.3. The highest BCUT2D eigenvalue weighted by Gasteiger charge is 2.23. The van der Waals surface area contributed by atoms with Crippen LogP contribution in [0.1, 0.15) is 309 Å². The van der Waals surface area contributed by atoms with Crippen molar-refractivity contribution < 1.29 is 20.1 Å². The van der Waals surface area contributed by atoms with Gasteiger partial charge in [0.15, 0.2) is 0 Å². The molecule has 0 aromatic heterocycles. The van der Waals surface area contributed by atoms with Gasteiger partial charge in [0.2, 0.25) is 5.91 Å². The summed E-state index contributed by atoms with van der Waals surface area (Å²) in [6.45, 7) is 4.27. The summed E-state index contributed by atoms with van der Waals surface area (Å²) >= 11 is 0. The van der Waals surface area contributed by atoms with Gasteiger partial charge >= 0.3 is 0 Å². The molecule has 5 heteroatoms. The van der Waals surface area contributed by atoms with E-state index in [2.05, 4.69) is 31.3 Å². The van der Waals surface area contributed by atoms with Gasteiger partial charge in [-0.2, -0.15) is 0 Å². The Morgan fingerprint density at radius 3 is 0.917 bits per heavy atom. The van der Waals surface area contributed by atoms with Gasteiger partial charge < -0.3 is 20.6 Å². The molecule has 3 atom stereocenters. The molecule has 3 unspecified atom stereocenters. The topological polar surface area (TPSA) is 89.8 Å². The van der Waals surface area contributed by atoms with Crippen LogP contribution < -0.4 is 5.32 Å². The van der Waals surface area contributed by atoms with Crippen molar-refractivity contribution >= 4 is 5.91 Å². The third-order valence-corrected chi connectivity index (χ3v) is 13.1. The van der Waals surface area contributed by atoms with Crippen molar-refractivity contribution in [3.63, 3.8) is 0 Å². The average Bonchev–Trinajstić information content (AvgIpc) is 3.25. The highest BCUT2D eigenvalue weighted by molar-refractivity contribution is 5.80. The quantitative estimate of drug-likeness (QED) is 0.0363. The van der Waals surface area contributed by atoms with E-state index in [0.29, 0.717) is 12.8 Å². The lowest BCUT2D eigenvalue weighted by Gasteiger charge is -2.23. The van der Waals surface area contributed by atoms with E-state index in [-0.39, 0.29) is 6.61 Å². The van der Waals surface area contributed by atoms with E-state index in [0.717, 1.165) is 32.1 Å². The van der Waals surface area contributed by atoms with Crippen LogP contribution in [0, 0.1) is 0 Å². The molecule has 1 amide bonds. The number of amides is 1. The molecule has 0 aromatic carbocycles. The Morgan fingerprint density at radius 1 is 0.383 bits per heavy atom. The summed E-state index contributed by atoms with van der Waals surface area (Å²) in [6.07, 6.45) is 62.5. The fourth-order valence-electron chi connectivity index (χ4n) is 8.84. The Balaban J connectivity index is 3.53. The van der Waals surface area contributed by atoms with Crippen LogP contribution >= 0.6 is 0 Å². The van der Waals surface area contributed by atoms with Gasteiger partial charge in [-0.1, -0.05) is 283 Å². The van der Waals surface area contributed by atoms with Crippen molar-refractivity contribution in [2.45, 2.75) is 327 Å². The zero-order valence-corrected chi connectivity index (χ0v) is 40.9. The molecular formula is C55H109NO4. The molecule has 0 bridgehead atoms. The van der Waals surface area contributed by atoms with Crippen LogP contribution in [0.15, 0.2) is 12.2 Å². The third-order valence-electron chi connectivity index (χ3n) is 13.1. The van der Waals surface area contributed by atoms with Crippen LogP contribution in [0.25, 0.3) is 0 Å². The predicted octanol–water partition coefficient (Wildman–Crippen LogP) is 16.7. The van der Waals surface area contributed by atoms with Crippen LogP contribution in [0.2, 0.25) is 0 Å². The summed E-state index contributed by atoms with van der Waals surface area (Å²) in [5, 5.41) is 33.5. The number of aliphatic hydroxyl groups is 3. The third kappa shape index (κ3) is 45.1. The van der Waals surface area contributed by atoms with Crippen molar-refractivity contribution in [2.75, 3.05) is 6.61 Å². The molecule has 0 saturated carbocycles. The van der Waals surface area contributed by atoms with E-state index in [1.54, 1.807) is 0 Å². The van der Waals surface area contributed by atoms with Crippen molar-refractivity contribution in [2.24, 2.45) is 0 Å². The number of nitrogens with one attached hydrogen (secondary N) is 1. The lowest BCUT2D eigenvalue weighted by molar-refractivity contribution is -0.131. The summed E-state index contributed by atoms with van der Waals surface area (Å²) in [6, 6.07) is -0.711.